The Balaban J connectivity index is 1.95. The lowest BCUT2D eigenvalue weighted by molar-refractivity contribution is 0.251. The monoisotopic (exact) mass is 280 g/mol. The van der Waals surface area contributed by atoms with Gasteiger partial charge in [0.15, 0.2) is 0 Å². The van der Waals surface area contributed by atoms with E-state index in [4.69, 9.17) is 5.11 Å². The van der Waals surface area contributed by atoms with Crippen molar-refractivity contribution in [2.45, 2.75) is 6.54 Å². The number of aliphatic hydroxyl groups excluding tert-OH is 1. The highest BCUT2D eigenvalue weighted by Crippen LogP contribution is 2.08. The molecule has 0 aliphatic heterocycles. The number of para-hydroxylation sites is 1. The molecule has 21 heavy (non-hydrogen) atoms. The maximum Gasteiger partial charge on any atom is 0.319 e. The first-order valence-corrected chi connectivity index (χ1v) is 6.57. The van der Waals surface area contributed by atoms with Crippen LogP contribution in [-0.4, -0.2) is 17.7 Å². The highest BCUT2D eigenvalue weighted by Gasteiger charge is 2.03. The van der Waals surface area contributed by atoms with Gasteiger partial charge in [0.2, 0.25) is 0 Å². The summed E-state index contributed by atoms with van der Waals surface area (Å²) in [4.78, 5) is 11.8. The summed E-state index contributed by atoms with van der Waals surface area (Å²) < 4.78 is 0. The van der Waals surface area contributed by atoms with Gasteiger partial charge in [0.25, 0.3) is 0 Å². The van der Waals surface area contributed by atoms with Crippen molar-refractivity contribution in [3.63, 3.8) is 0 Å². The summed E-state index contributed by atoms with van der Waals surface area (Å²) in [5, 5.41) is 14.3. The Morgan fingerprint density at radius 1 is 1.05 bits per heavy atom. The molecular formula is C17H16N2O2. The predicted molar refractivity (Wildman–Crippen MR) is 82.7 cm³/mol. The summed E-state index contributed by atoms with van der Waals surface area (Å²) in [5.74, 6) is 5.47. The number of carbonyl (C=O) groups excluding carboxylic acids is 1. The number of carbonyl (C=O) groups is 1. The van der Waals surface area contributed by atoms with Gasteiger partial charge in [-0.1, -0.05) is 48.2 Å². The molecule has 0 aliphatic carbocycles. The number of hydrogen-bond donors (Lipinski definition) is 3. The molecule has 2 amide bonds. The second-order valence-electron chi connectivity index (χ2n) is 4.29. The second-order valence-corrected chi connectivity index (χ2v) is 4.29. The maximum atomic E-state index is 11.8. The van der Waals surface area contributed by atoms with Crippen LogP contribution in [0.5, 0.6) is 0 Å². The summed E-state index contributed by atoms with van der Waals surface area (Å²) in [7, 11) is 0. The van der Waals surface area contributed by atoms with Crippen molar-refractivity contribution in [1.29, 1.82) is 0 Å². The van der Waals surface area contributed by atoms with E-state index in [2.05, 4.69) is 22.5 Å². The zero-order valence-electron chi connectivity index (χ0n) is 11.5. The fourth-order valence-corrected chi connectivity index (χ4v) is 1.80. The van der Waals surface area contributed by atoms with E-state index < -0.39 is 0 Å². The molecule has 0 atom stereocenters. The standard InChI is InChI=1S/C17H16N2O2/c20-12-6-9-14-7-4-5-8-15(14)13-18-17(21)19-16-10-2-1-3-11-16/h1-5,7-8,10-11,20H,12-13H2,(H2,18,19,21). The van der Waals surface area contributed by atoms with Crippen molar-refractivity contribution < 1.29 is 9.90 Å². The lowest BCUT2D eigenvalue weighted by atomic mass is 10.1. The molecule has 2 aromatic carbocycles. The molecule has 0 aromatic heterocycles. The molecule has 2 rings (SSSR count). The van der Waals surface area contributed by atoms with E-state index in [-0.39, 0.29) is 12.6 Å². The van der Waals surface area contributed by atoms with Crippen LogP contribution in [0.2, 0.25) is 0 Å². The van der Waals surface area contributed by atoms with Crippen molar-refractivity contribution >= 4 is 11.7 Å². The lowest BCUT2D eigenvalue weighted by Gasteiger charge is -2.09. The SMILES string of the molecule is O=C(NCc1ccccc1C#CCO)Nc1ccccc1. The van der Waals surface area contributed by atoms with Crippen LogP contribution in [0.4, 0.5) is 10.5 Å². The van der Waals surface area contributed by atoms with Gasteiger partial charge in [0.05, 0.1) is 0 Å². The van der Waals surface area contributed by atoms with Crippen LogP contribution in [0.3, 0.4) is 0 Å². The van der Waals surface area contributed by atoms with Gasteiger partial charge in [-0.05, 0) is 23.8 Å². The van der Waals surface area contributed by atoms with Crippen LogP contribution in [0.1, 0.15) is 11.1 Å². The molecule has 4 nitrogen and oxygen atoms in total. The second kappa shape index (κ2) is 7.73. The summed E-state index contributed by atoms with van der Waals surface area (Å²) in [6, 6.07) is 16.5. The Labute approximate surface area is 123 Å². The van der Waals surface area contributed by atoms with Gasteiger partial charge in [0, 0.05) is 17.8 Å². The minimum absolute atomic E-state index is 0.184. The van der Waals surface area contributed by atoms with Crippen LogP contribution in [0.25, 0.3) is 0 Å². The maximum absolute atomic E-state index is 11.8. The van der Waals surface area contributed by atoms with E-state index in [1.165, 1.54) is 0 Å². The summed E-state index contributed by atoms with van der Waals surface area (Å²) in [5.41, 5.74) is 2.44. The van der Waals surface area contributed by atoms with Crippen molar-refractivity contribution in [1.82, 2.24) is 5.32 Å². The first kappa shape index (κ1) is 14.6. The van der Waals surface area contributed by atoms with Crippen LogP contribution in [0, 0.1) is 11.8 Å². The average Bonchev–Trinajstić information content (AvgIpc) is 2.52. The van der Waals surface area contributed by atoms with E-state index in [9.17, 15) is 4.79 Å². The van der Waals surface area contributed by atoms with Gasteiger partial charge in [-0.15, -0.1) is 0 Å². The first-order chi connectivity index (χ1) is 10.3. The smallest absolute Gasteiger partial charge is 0.319 e. The van der Waals surface area contributed by atoms with Crippen molar-refractivity contribution in [3.8, 4) is 11.8 Å². The molecule has 0 saturated heterocycles. The predicted octanol–water partition coefficient (Wildman–Crippen LogP) is 2.35. The number of benzene rings is 2. The minimum Gasteiger partial charge on any atom is -0.384 e. The van der Waals surface area contributed by atoms with Gasteiger partial charge in [0.1, 0.15) is 6.61 Å². The fourth-order valence-electron chi connectivity index (χ4n) is 1.80. The number of hydrogen-bond acceptors (Lipinski definition) is 2. The number of amides is 2. The fraction of sp³-hybridized carbons (Fsp3) is 0.118. The van der Waals surface area contributed by atoms with E-state index in [0.29, 0.717) is 6.54 Å². The Hall–Kier alpha value is -2.77. The topological polar surface area (TPSA) is 61.4 Å². The molecule has 0 heterocycles. The third-order valence-electron chi connectivity index (χ3n) is 2.79. The van der Waals surface area contributed by atoms with E-state index in [1.54, 1.807) is 0 Å². The van der Waals surface area contributed by atoms with Crippen molar-refractivity contribution in [2.75, 3.05) is 11.9 Å². The van der Waals surface area contributed by atoms with Crippen LogP contribution in [-0.2, 0) is 6.54 Å². The van der Waals surface area contributed by atoms with Crippen LogP contribution < -0.4 is 10.6 Å². The minimum atomic E-state index is -0.272. The number of aliphatic hydroxyl groups is 1. The zero-order chi connectivity index (χ0) is 14.9. The first-order valence-electron chi connectivity index (χ1n) is 6.57. The van der Waals surface area contributed by atoms with Crippen molar-refractivity contribution in [2.24, 2.45) is 0 Å². The van der Waals surface area contributed by atoms with E-state index in [1.807, 2.05) is 54.6 Å². The highest BCUT2D eigenvalue weighted by molar-refractivity contribution is 5.89. The summed E-state index contributed by atoms with van der Waals surface area (Å²) >= 11 is 0. The highest BCUT2D eigenvalue weighted by atomic mass is 16.2. The molecule has 3 N–H and O–H groups in total. The normalized spacial score (nSPS) is 9.38. The molecule has 0 aliphatic rings. The quantitative estimate of drug-likeness (QED) is 0.756. The molecule has 0 bridgehead atoms. The lowest BCUT2D eigenvalue weighted by Crippen LogP contribution is -2.28. The number of rotatable bonds is 3. The van der Waals surface area contributed by atoms with Gasteiger partial charge in [-0.3, -0.25) is 0 Å². The summed E-state index contributed by atoms with van der Waals surface area (Å²) in [6.45, 7) is 0.186. The zero-order valence-corrected chi connectivity index (χ0v) is 11.5. The van der Waals surface area contributed by atoms with Gasteiger partial charge in [-0.2, -0.15) is 0 Å². The molecular weight excluding hydrogens is 264 g/mol. The number of anilines is 1. The van der Waals surface area contributed by atoms with Crippen molar-refractivity contribution in [3.05, 3.63) is 65.7 Å². The van der Waals surface area contributed by atoms with Crippen LogP contribution >= 0.6 is 0 Å². The Bertz CT molecular complexity index is 657. The molecule has 0 fully saturated rings. The van der Waals surface area contributed by atoms with Gasteiger partial charge >= 0.3 is 6.03 Å². The molecule has 0 unspecified atom stereocenters. The Morgan fingerprint density at radius 3 is 2.52 bits per heavy atom. The van der Waals surface area contributed by atoms with Crippen LogP contribution in [0.15, 0.2) is 54.6 Å². The third-order valence-corrected chi connectivity index (χ3v) is 2.79. The third kappa shape index (κ3) is 4.68. The molecule has 4 heteroatoms. The van der Waals surface area contributed by atoms with E-state index in [0.717, 1.165) is 16.8 Å². The van der Waals surface area contributed by atoms with E-state index >= 15 is 0 Å². The Morgan fingerprint density at radius 2 is 1.76 bits per heavy atom. The number of urea groups is 1. The molecule has 2 aromatic rings. The largest absolute Gasteiger partial charge is 0.384 e. The van der Waals surface area contributed by atoms with Gasteiger partial charge < -0.3 is 15.7 Å². The molecule has 0 saturated carbocycles. The average molecular weight is 280 g/mol. The molecule has 0 radical (unpaired) electrons. The summed E-state index contributed by atoms with van der Waals surface area (Å²) in [6.07, 6.45) is 0. The molecule has 106 valence electrons. The molecule has 0 spiro atoms. The Kier molecular flexibility index (Phi) is 5.39. The number of nitrogens with one attached hydrogen (secondary N) is 2. The van der Waals surface area contributed by atoms with Gasteiger partial charge in [-0.25, -0.2) is 4.79 Å².